The largest absolute Gasteiger partial charge is 0.551 e. The maximum Gasteiger partial charge on any atom is 0.432 e. The van der Waals surface area contributed by atoms with Crippen molar-refractivity contribution in [2.75, 3.05) is 4.90 Å². The molecule has 0 fully saturated rings. The van der Waals surface area contributed by atoms with Crippen molar-refractivity contribution in [3.63, 3.8) is 0 Å². The molecule has 0 unspecified atom stereocenters. The average molecular weight is 611 g/mol. The Bertz CT molecular complexity index is 2780. The number of rotatable bonds is 2. The number of benzene rings is 8. The lowest BCUT2D eigenvalue weighted by molar-refractivity contribution is 0.590. The Labute approximate surface area is 278 Å². The molecule has 8 aromatic carbocycles. The SMILES string of the molecule is c1ccc(-n2c3ccccc3c3c4c5c(cc32)N(c2ccc3ccccc3c2)c2ccc3ccccc3c2B5Oc2ccccc2-4)cc1. The third kappa shape index (κ3) is 3.44. The minimum Gasteiger partial charge on any atom is -0.551 e. The summed E-state index contributed by atoms with van der Waals surface area (Å²) in [7, 11) is 0. The Balaban J connectivity index is 1.36. The van der Waals surface area contributed by atoms with Gasteiger partial charge in [-0.25, -0.2) is 0 Å². The molecule has 3 heterocycles. The summed E-state index contributed by atoms with van der Waals surface area (Å²) >= 11 is 0. The fourth-order valence-corrected chi connectivity index (χ4v) is 8.36. The molecular weight excluding hydrogens is 583 g/mol. The molecule has 48 heavy (non-hydrogen) atoms. The summed E-state index contributed by atoms with van der Waals surface area (Å²) in [5.74, 6) is 0.919. The standard InChI is InChI=1S/C44H27BN2O/c1-2-15-31(16-3-1)46-36-20-10-8-18-34(36)41-38(46)27-39-44-42(41)35-19-9-11-21-40(35)48-45(44)43-33-17-7-6-13-29(33)23-25-37(43)47(39)32-24-22-28-12-4-5-14-30(28)26-32/h1-27H. The van der Waals surface area contributed by atoms with Crippen molar-refractivity contribution in [3.05, 3.63) is 164 Å². The average Bonchev–Trinajstić information content (AvgIpc) is 3.48. The summed E-state index contributed by atoms with van der Waals surface area (Å²) in [5, 5.41) is 7.38. The minimum atomic E-state index is -0.272. The van der Waals surface area contributed by atoms with E-state index in [1.165, 1.54) is 59.8 Å². The normalized spacial score (nSPS) is 13.1. The first-order chi connectivity index (χ1) is 23.8. The van der Waals surface area contributed by atoms with Gasteiger partial charge in [0.1, 0.15) is 5.75 Å². The number of anilines is 3. The fourth-order valence-electron chi connectivity index (χ4n) is 8.36. The van der Waals surface area contributed by atoms with Crippen LogP contribution in [0.5, 0.6) is 5.75 Å². The van der Waals surface area contributed by atoms with Gasteiger partial charge in [-0.15, -0.1) is 0 Å². The van der Waals surface area contributed by atoms with E-state index in [9.17, 15) is 0 Å². The van der Waals surface area contributed by atoms with E-state index in [1.54, 1.807) is 0 Å². The summed E-state index contributed by atoms with van der Waals surface area (Å²) in [6, 6.07) is 59.3. The van der Waals surface area contributed by atoms with Crippen LogP contribution in [0, 0.1) is 0 Å². The summed E-state index contributed by atoms with van der Waals surface area (Å²) in [4.78, 5) is 2.48. The van der Waals surface area contributed by atoms with Gasteiger partial charge in [0.05, 0.1) is 11.0 Å². The molecule has 0 spiro atoms. The lowest BCUT2D eigenvalue weighted by Gasteiger charge is -2.40. The van der Waals surface area contributed by atoms with E-state index in [4.69, 9.17) is 4.65 Å². The molecule has 0 saturated heterocycles. The highest BCUT2D eigenvalue weighted by Crippen LogP contribution is 2.49. The molecule has 2 aliphatic heterocycles. The number of para-hydroxylation sites is 3. The van der Waals surface area contributed by atoms with Crippen LogP contribution in [-0.4, -0.2) is 11.5 Å². The molecule has 0 amide bonds. The van der Waals surface area contributed by atoms with Gasteiger partial charge in [-0.2, -0.15) is 0 Å². The van der Waals surface area contributed by atoms with Crippen molar-refractivity contribution < 1.29 is 4.65 Å². The van der Waals surface area contributed by atoms with Crippen LogP contribution in [0.25, 0.3) is 60.2 Å². The first kappa shape index (κ1) is 25.9. The monoisotopic (exact) mass is 610 g/mol. The van der Waals surface area contributed by atoms with Crippen molar-refractivity contribution in [3.8, 4) is 22.6 Å². The zero-order chi connectivity index (χ0) is 31.3. The summed E-state index contributed by atoms with van der Waals surface area (Å²) < 4.78 is 9.58. The predicted octanol–water partition coefficient (Wildman–Crippen LogP) is 10.0. The maximum absolute atomic E-state index is 7.15. The van der Waals surface area contributed by atoms with Gasteiger partial charge in [-0.05, 0) is 75.6 Å². The van der Waals surface area contributed by atoms with E-state index in [0.29, 0.717) is 0 Å². The van der Waals surface area contributed by atoms with Gasteiger partial charge in [0, 0.05) is 50.0 Å². The lowest BCUT2D eigenvalue weighted by atomic mass is 9.48. The predicted molar refractivity (Wildman–Crippen MR) is 202 cm³/mol. The molecule has 2 aliphatic rings. The molecule has 0 radical (unpaired) electrons. The topological polar surface area (TPSA) is 17.4 Å². The number of aromatic nitrogens is 1. The third-order valence-electron chi connectivity index (χ3n) is 10.3. The first-order valence-corrected chi connectivity index (χ1v) is 16.6. The van der Waals surface area contributed by atoms with E-state index >= 15 is 0 Å². The van der Waals surface area contributed by atoms with Gasteiger partial charge in [0.25, 0.3) is 0 Å². The van der Waals surface area contributed by atoms with Crippen LogP contribution in [0.1, 0.15) is 0 Å². The summed E-state index contributed by atoms with van der Waals surface area (Å²) in [6.07, 6.45) is 0. The van der Waals surface area contributed by atoms with Crippen molar-refractivity contribution in [1.29, 1.82) is 0 Å². The molecular formula is C44H27BN2O. The maximum atomic E-state index is 7.15. The van der Waals surface area contributed by atoms with Crippen LogP contribution >= 0.6 is 0 Å². The second-order valence-electron chi connectivity index (χ2n) is 12.8. The number of hydrogen-bond donors (Lipinski definition) is 0. The van der Waals surface area contributed by atoms with E-state index < -0.39 is 0 Å². The molecule has 1 aromatic heterocycles. The molecule has 0 saturated carbocycles. The van der Waals surface area contributed by atoms with Crippen molar-refractivity contribution in [1.82, 2.24) is 4.57 Å². The molecule has 4 heteroatoms. The van der Waals surface area contributed by atoms with Crippen LogP contribution < -0.4 is 20.5 Å². The Morgan fingerprint density at radius 1 is 0.458 bits per heavy atom. The van der Waals surface area contributed by atoms with Gasteiger partial charge >= 0.3 is 6.92 Å². The molecule has 9 aromatic rings. The third-order valence-corrected chi connectivity index (χ3v) is 10.3. The van der Waals surface area contributed by atoms with Crippen molar-refractivity contribution in [2.45, 2.75) is 0 Å². The fraction of sp³-hybridized carbons (Fsp3) is 0. The Hall–Kier alpha value is -6.26. The molecule has 3 nitrogen and oxygen atoms in total. The highest BCUT2D eigenvalue weighted by atomic mass is 16.4. The molecule has 0 N–H and O–H groups in total. The van der Waals surface area contributed by atoms with Crippen LogP contribution in [-0.2, 0) is 0 Å². The minimum absolute atomic E-state index is 0.272. The molecule has 222 valence electrons. The highest BCUT2D eigenvalue weighted by Gasteiger charge is 2.45. The van der Waals surface area contributed by atoms with Crippen LogP contribution in [0.15, 0.2) is 164 Å². The smallest absolute Gasteiger partial charge is 0.432 e. The lowest BCUT2D eigenvalue weighted by Crippen LogP contribution is -2.56. The summed E-state index contributed by atoms with van der Waals surface area (Å²) in [6.45, 7) is -0.272. The van der Waals surface area contributed by atoms with Gasteiger partial charge in [-0.1, -0.05) is 115 Å². The molecule has 0 bridgehead atoms. The second kappa shape index (κ2) is 9.63. The van der Waals surface area contributed by atoms with E-state index in [0.717, 1.165) is 34.1 Å². The molecule has 0 atom stereocenters. The molecule has 0 aliphatic carbocycles. The summed E-state index contributed by atoms with van der Waals surface area (Å²) in [5.41, 5.74) is 11.8. The van der Waals surface area contributed by atoms with Crippen LogP contribution in [0.4, 0.5) is 17.1 Å². The Morgan fingerprint density at radius 3 is 2.06 bits per heavy atom. The quantitative estimate of drug-likeness (QED) is 0.181. The van der Waals surface area contributed by atoms with Gasteiger partial charge < -0.3 is 14.1 Å². The van der Waals surface area contributed by atoms with E-state index in [-0.39, 0.29) is 6.92 Å². The number of fused-ring (bicyclic) bond motifs is 11. The molecule has 11 rings (SSSR count). The Morgan fingerprint density at radius 2 is 1.17 bits per heavy atom. The number of hydrogen-bond acceptors (Lipinski definition) is 2. The zero-order valence-electron chi connectivity index (χ0n) is 26.0. The van der Waals surface area contributed by atoms with Crippen LogP contribution in [0.2, 0.25) is 0 Å². The number of nitrogens with zero attached hydrogens (tertiary/aromatic N) is 2. The first-order valence-electron chi connectivity index (χ1n) is 16.6. The van der Waals surface area contributed by atoms with Crippen molar-refractivity contribution >= 4 is 78.3 Å². The van der Waals surface area contributed by atoms with E-state index in [1.807, 2.05) is 0 Å². The van der Waals surface area contributed by atoms with Gasteiger partial charge in [0.2, 0.25) is 0 Å². The van der Waals surface area contributed by atoms with Crippen molar-refractivity contribution in [2.24, 2.45) is 0 Å². The van der Waals surface area contributed by atoms with Gasteiger partial charge in [0.15, 0.2) is 0 Å². The zero-order valence-corrected chi connectivity index (χ0v) is 26.0. The second-order valence-corrected chi connectivity index (χ2v) is 12.8. The van der Waals surface area contributed by atoms with Crippen LogP contribution in [0.3, 0.4) is 0 Å². The van der Waals surface area contributed by atoms with E-state index in [2.05, 4.69) is 173 Å². The van der Waals surface area contributed by atoms with Gasteiger partial charge in [-0.3, -0.25) is 0 Å². The Kier molecular flexibility index (Phi) is 5.19. The highest BCUT2D eigenvalue weighted by molar-refractivity contribution is 6.88.